The summed E-state index contributed by atoms with van der Waals surface area (Å²) < 4.78 is 7.15. The summed E-state index contributed by atoms with van der Waals surface area (Å²) in [6, 6.07) is 15.6. The topological polar surface area (TPSA) is 76.4 Å². The number of hydrogen-bond acceptors (Lipinski definition) is 6. The monoisotopic (exact) mass is 456 g/mol. The highest BCUT2D eigenvalue weighted by Crippen LogP contribution is 2.27. The second-order valence-corrected chi connectivity index (χ2v) is 8.46. The largest absolute Gasteiger partial charge is 0.497 e. The van der Waals surface area contributed by atoms with E-state index in [-0.39, 0.29) is 5.91 Å². The Bertz CT molecular complexity index is 1320. The third-order valence-corrected chi connectivity index (χ3v) is 6.23. The van der Waals surface area contributed by atoms with Gasteiger partial charge in [-0.1, -0.05) is 30.7 Å². The van der Waals surface area contributed by atoms with Crippen molar-refractivity contribution >= 4 is 22.8 Å². The van der Waals surface area contributed by atoms with Crippen LogP contribution in [0, 0.1) is 6.92 Å². The van der Waals surface area contributed by atoms with Gasteiger partial charge in [-0.2, -0.15) is 5.10 Å². The van der Waals surface area contributed by atoms with E-state index in [0.29, 0.717) is 37.5 Å². The van der Waals surface area contributed by atoms with Crippen LogP contribution in [0.3, 0.4) is 0 Å². The van der Waals surface area contributed by atoms with Gasteiger partial charge in [0.1, 0.15) is 17.4 Å². The van der Waals surface area contributed by atoms with Gasteiger partial charge in [0.05, 0.1) is 24.4 Å². The van der Waals surface area contributed by atoms with Gasteiger partial charge in [-0.3, -0.25) is 4.79 Å². The molecular formula is C26H28N6O2. The number of benzene rings is 2. The standard InChI is InChI=1S/C26H28N6O2/c1-4-23-28-24(22-17-27-32(25(22)29-23)20-10-8-18(2)9-11-20)30-12-14-31(15-13-30)26(33)19-6-5-7-21(16-19)34-3/h5-11,16-17H,4,12-15H2,1-3H3. The summed E-state index contributed by atoms with van der Waals surface area (Å²) in [7, 11) is 1.61. The van der Waals surface area contributed by atoms with E-state index in [1.807, 2.05) is 34.0 Å². The van der Waals surface area contributed by atoms with Gasteiger partial charge >= 0.3 is 0 Å². The fraction of sp³-hybridized carbons (Fsp3) is 0.308. The van der Waals surface area contributed by atoms with Crippen molar-refractivity contribution in [1.82, 2.24) is 24.6 Å². The molecule has 2 aromatic heterocycles. The second-order valence-electron chi connectivity index (χ2n) is 8.46. The summed E-state index contributed by atoms with van der Waals surface area (Å²) in [5, 5.41) is 5.56. The average Bonchev–Trinajstić information content (AvgIpc) is 3.32. The summed E-state index contributed by atoms with van der Waals surface area (Å²) in [6.07, 6.45) is 2.58. The maximum Gasteiger partial charge on any atom is 0.254 e. The van der Waals surface area contributed by atoms with Gasteiger partial charge in [0.15, 0.2) is 5.65 Å². The second kappa shape index (κ2) is 9.13. The number of methoxy groups -OCH3 is 1. The molecule has 3 heterocycles. The molecule has 1 fully saturated rings. The molecule has 0 N–H and O–H groups in total. The maximum absolute atomic E-state index is 13.0. The van der Waals surface area contributed by atoms with Crippen LogP contribution >= 0.6 is 0 Å². The first-order valence-corrected chi connectivity index (χ1v) is 11.6. The van der Waals surface area contributed by atoms with Crippen molar-refractivity contribution in [2.24, 2.45) is 0 Å². The number of rotatable bonds is 5. The zero-order valence-corrected chi connectivity index (χ0v) is 19.7. The summed E-state index contributed by atoms with van der Waals surface area (Å²) >= 11 is 0. The van der Waals surface area contributed by atoms with Crippen LogP contribution in [-0.4, -0.2) is 63.8 Å². The molecule has 1 aliphatic rings. The molecule has 0 saturated carbocycles. The minimum absolute atomic E-state index is 0.0211. The van der Waals surface area contributed by atoms with E-state index in [2.05, 4.69) is 48.1 Å². The lowest BCUT2D eigenvalue weighted by Gasteiger charge is -2.35. The predicted octanol–water partition coefficient (Wildman–Crippen LogP) is 3.66. The van der Waals surface area contributed by atoms with Crippen LogP contribution in [0.4, 0.5) is 5.82 Å². The number of carbonyl (C=O) groups excluding carboxylic acids is 1. The Kier molecular flexibility index (Phi) is 5.88. The van der Waals surface area contributed by atoms with E-state index in [9.17, 15) is 4.79 Å². The van der Waals surface area contributed by atoms with E-state index in [1.54, 1.807) is 13.2 Å². The number of piperazine rings is 1. The lowest BCUT2D eigenvalue weighted by molar-refractivity contribution is 0.0746. The van der Waals surface area contributed by atoms with E-state index in [1.165, 1.54) is 5.56 Å². The molecule has 0 aliphatic carbocycles. The van der Waals surface area contributed by atoms with Crippen LogP contribution < -0.4 is 9.64 Å². The van der Waals surface area contributed by atoms with Crippen molar-refractivity contribution in [3.63, 3.8) is 0 Å². The minimum Gasteiger partial charge on any atom is -0.497 e. The smallest absolute Gasteiger partial charge is 0.254 e. The fourth-order valence-electron chi connectivity index (χ4n) is 4.27. The Balaban J connectivity index is 1.40. The summed E-state index contributed by atoms with van der Waals surface area (Å²) in [6.45, 7) is 6.76. The van der Waals surface area contributed by atoms with Crippen molar-refractivity contribution in [1.29, 1.82) is 0 Å². The molecule has 0 radical (unpaired) electrons. The molecule has 1 saturated heterocycles. The quantitative estimate of drug-likeness (QED) is 0.456. The van der Waals surface area contributed by atoms with Gasteiger partial charge in [0.2, 0.25) is 0 Å². The van der Waals surface area contributed by atoms with Crippen LogP contribution in [0.15, 0.2) is 54.7 Å². The van der Waals surface area contributed by atoms with Crippen LogP contribution in [-0.2, 0) is 6.42 Å². The van der Waals surface area contributed by atoms with Crippen LogP contribution in [0.5, 0.6) is 5.75 Å². The number of aromatic nitrogens is 4. The van der Waals surface area contributed by atoms with Crippen molar-refractivity contribution in [3.8, 4) is 11.4 Å². The zero-order chi connectivity index (χ0) is 23.7. The molecule has 174 valence electrons. The van der Waals surface area contributed by atoms with Gasteiger partial charge < -0.3 is 14.5 Å². The SMILES string of the molecule is CCc1nc(N2CCN(C(=O)c3cccc(OC)c3)CC2)c2cnn(-c3ccc(C)cc3)c2n1. The number of hydrogen-bond donors (Lipinski definition) is 0. The van der Waals surface area contributed by atoms with Crippen molar-refractivity contribution in [2.75, 3.05) is 38.2 Å². The van der Waals surface area contributed by atoms with Crippen LogP contribution in [0.2, 0.25) is 0 Å². The van der Waals surface area contributed by atoms with Gasteiger partial charge in [-0.25, -0.2) is 14.6 Å². The molecule has 8 heteroatoms. The number of nitrogens with zero attached hydrogens (tertiary/aromatic N) is 6. The molecule has 1 aliphatic heterocycles. The molecule has 2 aromatic carbocycles. The number of fused-ring (bicyclic) bond motifs is 1. The number of anilines is 1. The molecule has 5 rings (SSSR count). The molecule has 0 bridgehead atoms. The predicted molar refractivity (Wildman–Crippen MR) is 132 cm³/mol. The summed E-state index contributed by atoms with van der Waals surface area (Å²) in [5.74, 6) is 2.37. The van der Waals surface area contributed by atoms with Gasteiger partial charge in [0, 0.05) is 38.2 Å². The lowest BCUT2D eigenvalue weighted by Crippen LogP contribution is -2.49. The molecule has 0 atom stereocenters. The molecule has 34 heavy (non-hydrogen) atoms. The molecule has 1 amide bonds. The van der Waals surface area contributed by atoms with Crippen molar-refractivity contribution < 1.29 is 9.53 Å². The van der Waals surface area contributed by atoms with Gasteiger partial charge in [0.25, 0.3) is 5.91 Å². The first kappa shape index (κ1) is 21.9. The van der Waals surface area contributed by atoms with E-state index >= 15 is 0 Å². The Hall–Kier alpha value is -3.94. The maximum atomic E-state index is 13.0. The minimum atomic E-state index is 0.0211. The molecule has 0 unspecified atom stereocenters. The Morgan fingerprint density at radius 2 is 1.79 bits per heavy atom. The van der Waals surface area contributed by atoms with Gasteiger partial charge in [-0.05, 0) is 37.3 Å². The molecule has 8 nitrogen and oxygen atoms in total. The van der Waals surface area contributed by atoms with E-state index < -0.39 is 0 Å². The van der Waals surface area contributed by atoms with Crippen LogP contribution in [0.25, 0.3) is 16.7 Å². The third kappa shape index (κ3) is 4.07. The van der Waals surface area contributed by atoms with Gasteiger partial charge in [-0.15, -0.1) is 0 Å². The fourth-order valence-corrected chi connectivity index (χ4v) is 4.27. The number of amides is 1. The molecular weight excluding hydrogens is 428 g/mol. The Morgan fingerprint density at radius 1 is 1.03 bits per heavy atom. The first-order valence-electron chi connectivity index (χ1n) is 11.6. The Morgan fingerprint density at radius 3 is 2.50 bits per heavy atom. The summed E-state index contributed by atoms with van der Waals surface area (Å²) in [5.41, 5.74) is 3.62. The average molecular weight is 457 g/mol. The highest BCUT2D eigenvalue weighted by Gasteiger charge is 2.25. The Labute approximate surface area is 198 Å². The molecule has 0 spiro atoms. The number of aryl methyl sites for hydroxylation is 2. The van der Waals surface area contributed by atoms with Crippen molar-refractivity contribution in [3.05, 3.63) is 71.7 Å². The third-order valence-electron chi connectivity index (χ3n) is 6.23. The lowest BCUT2D eigenvalue weighted by atomic mass is 10.1. The zero-order valence-electron chi connectivity index (χ0n) is 19.7. The van der Waals surface area contributed by atoms with E-state index in [4.69, 9.17) is 14.7 Å². The van der Waals surface area contributed by atoms with Crippen LogP contribution in [0.1, 0.15) is 28.7 Å². The van der Waals surface area contributed by atoms with Crippen molar-refractivity contribution in [2.45, 2.75) is 20.3 Å². The van der Waals surface area contributed by atoms with E-state index in [0.717, 1.165) is 34.8 Å². The highest BCUT2D eigenvalue weighted by atomic mass is 16.5. The summed E-state index contributed by atoms with van der Waals surface area (Å²) in [4.78, 5) is 26.8. The number of ether oxygens (including phenoxy) is 1. The molecule has 4 aromatic rings. The normalized spacial score (nSPS) is 14.0. The highest BCUT2D eigenvalue weighted by molar-refractivity contribution is 5.95. The first-order chi connectivity index (χ1) is 16.6. The number of carbonyl (C=O) groups is 1.